The molecule has 1 aliphatic rings. The van der Waals surface area contributed by atoms with Crippen LogP contribution in [0, 0.1) is 5.82 Å². The molecule has 3 rings (SSSR count). The molecule has 5 heteroatoms. The molecular weight excluding hydrogens is 257 g/mol. The van der Waals surface area contributed by atoms with Gasteiger partial charge in [0.1, 0.15) is 17.3 Å². The van der Waals surface area contributed by atoms with E-state index >= 15 is 0 Å². The van der Waals surface area contributed by atoms with Gasteiger partial charge in [-0.05, 0) is 24.3 Å². The van der Waals surface area contributed by atoms with Gasteiger partial charge in [0.15, 0.2) is 0 Å². The van der Waals surface area contributed by atoms with Gasteiger partial charge in [-0.2, -0.15) is 0 Å². The van der Waals surface area contributed by atoms with Crippen LogP contribution in [0.5, 0.6) is 0 Å². The zero-order valence-electron chi connectivity index (χ0n) is 10.4. The lowest BCUT2D eigenvalue weighted by atomic mass is 10.2. The molecule has 1 N–H and O–H groups in total. The van der Waals surface area contributed by atoms with Crippen molar-refractivity contribution in [2.24, 2.45) is 4.99 Å². The molecule has 0 saturated heterocycles. The lowest BCUT2D eigenvalue weighted by Crippen LogP contribution is -2.24. The van der Waals surface area contributed by atoms with E-state index in [1.165, 1.54) is 12.1 Å². The molecule has 0 fully saturated rings. The summed E-state index contributed by atoms with van der Waals surface area (Å²) in [6, 6.07) is 9.77. The number of aliphatic imine (C=N–C) groups is 1. The number of nitrogens with zero attached hydrogens (tertiary/aromatic N) is 2. The summed E-state index contributed by atoms with van der Waals surface area (Å²) in [6.07, 6.45) is 4.66. The number of carbonyl (C=O) groups excluding carboxylic acids is 1. The smallest absolute Gasteiger partial charge is 0.275 e. The highest BCUT2D eigenvalue weighted by Gasteiger charge is 2.21. The topological polar surface area (TPSA) is 54.4 Å². The first-order valence-corrected chi connectivity index (χ1v) is 6.01. The second-order valence-electron chi connectivity index (χ2n) is 4.21. The third-order valence-corrected chi connectivity index (χ3v) is 2.83. The summed E-state index contributed by atoms with van der Waals surface area (Å²) >= 11 is 0. The lowest BCUT2D eigenvalue weighted by molar-refractivity contribution is -0.115. The molecule has 20 heavy (non-hydrogen) atoms. The van der Waals surface area contributed by atoms with Crippen molar-refractivity contribution in [3.63, 3.8) is 0 Å². The summed E-state index contributed by atoms with van der Waals surface area (Å²) in [5, 5.41) is 2.64. The Morgan fingerprint density at radius 3 is 2.75 bits per heavy atom. The minimum atomic E-state index is -0.391. The maximum atomic E-state index is 13.6. The molecule has 0 saturated carbocycles. The largest absolute Gasteiger partial charge is 0.305 e. The Labute approximate surface area is 114 Å². The molecule has 98 valence electrons. The molecule has 0 atom stereocenters. The van der Waals surface area contributed by atoms with Crippen LogP contribution in [-0.2, 0) is 4.79 Å². The minimum absolute atomic E-state index is 0.175. The van der Waals surface area contributed by atoms with E-state index in [4.69, 9.17) is 0 Å². The van der Waals surface area contributed by atoms with Gasteiger partial charge < -0.3 is 5.32 Å². The van der Waals surface area contributed by atoms with Gasteiger partial charge in [-0.25, -0.2) is 9.38 Å². The van der Waals surface area contributed by atoms with E-state index in [-0.39, 0.29) is 11.6 Å². The van der Waals surface area contributed by atoms with Gasteiger partial charge in [0.05, 0.1) is 0 Å². The van der Waals surface area contributed by atoms with Crippen LogP contribution in [0.1, 0.15) is 11.1 Å². The van der Waals surface area contributed by atoms with Gasteiger partial charge in [-0.1, -0.05) is 18.2 Å². The van der Waals surface area contributed by atoms with Crippen molar-refractivity contribution >= 4 is 17.8 Å². The lowest BCUT2D eigenvalue weighted by Gasteiger charge is -1.97. The predicted octanol–water partition coefficient (Wildman–Crippen LogP) is 2.14. The summed E-state index contributed by atoms with van der Waals surface area (Å²) in [5.74, 6) is -0.323. The van der Waals surface area contributed by atoms with Crippen molar-refractivity contribution in [1.29, 1.82) is 0 Å². The van der Waals surface area contributed by atoms with E-state index in [2.05, 4.69) is 15.3 Å². The molecule has 0 aliphatic carbocycles. The van der Waals surface area contributed by atoms with Crippen LogP contribution in [0.3, 0.4) is 0 Å². The first-order valence-electron chi connectivity index (χ1n) is 6.01. The van der Waals surface area contributed by atoms with Crippen molar-refractivity contribution in [2.45, 2.75) is 0 Å². The number of hydrogen-bond acceptors (Lipinski definition) is 3. The summed E-state index contributed by atoms with van der Waals surface area (Å²) in [5.41, 5.74) is 1.21. The molecule has 4 nitrogen and oxygen atoms in total. The van der Waals surface area contributed by atoms with Crippen molar-refractivity contribution in [3.05, 3.63) is 71.4 Å². The first-order chi connectivity index (χ1) is 9.74. The maximum Gasteiger partial charge on any atom is 0.275 e. The first kappa shape index (κ1) is 12.2. The molecule has 0 spiro atoms. The van der Waals surface area contributed by atoms with E-state index in [1.807, 2.05) is 0 Å². The van der Waals surface area contributed by atoms with Gasteiger partial charge in [0, 0.05) is 23.5 Å². The van der Waals surface area contributed by atoms with Crippen LogP contribution in [0.2, 0.25) is 0 Å². The second kappa shape index (κ2) is 5.05. The third-order valence-electron chi connectivity index (χ3n) is 2.83. The van der Waals surface area contributed by atoms with E-state index in [0.29, 0.717) is 17.0 Å². The highest BCUT2D eigenvalue weighted by Crippen LogP contribution is 2.16. The molecule has 0 unspecified atom stereocenters. The van der Waals surface area contributed by atoms with Crippen molar-refractivity contribution in [3.8, 4) is 0 Å². The number of pyridine rings is 1. The number of aromatic nitrogens is 1. The summed E-state index contributed by atoms with van der Waals surface area (Å²) in [6.45, 7) is 0. The van der Waals surface area contributed by atoms with Gasteiger partial charge in [0.25, 0.3) is 5.91 Å². The zero-order valence-corrected chi connectivity index (χ0v) is 10.4. The van der Waals surface area contributed by atoms with Gasteiger partial charge in [-0.15, -0.1) is 0 Å². The monoisotopic (exact) mass is 267 g/mol. The Bertz CT molecular complexity index is 723. The van der Waals surface area contributed by atoms with Gasteiger partial charge >= 0.3 is 0 Å². The Kier molecular flexibility index (Phi) is 3.09. The van der Waals surface area contributed by atoms with Crippen LogP contribution in [0.25, 0.3) is 6.08 Å². The average Bonchev–Trinajstić information content (AvgIpc) is 2.84. The summed E-state index contributed by atoms with van der Waals surface area (Å²) in [7, 11) is 0. The van der Waals surface area contributed by atoms with Crippen LogP contribution >= 0.6 is 0 Å². The summed E-state index contributed by atoms with van der Waals surface area (Å²) in [4.78, 5) is 20.0. The van der Waals surface area contributed by atoms with E-state index in [9.17, 15) is 9.18 Å². The number of rotatable bonds is 2. The standard InChI is InChI=1S/C15H10FN3O/c16-12-6-2-1-4-10(12)8-13-15(20)19-14(18-13)11-5-3-7-17-9-11/h1-9H,(H,18,19,20)/b13-8-. The van der Waals surface area contributed by atoms with Crippen LogP contribution in [0.15, 0.2) is 59.5 Å². The highest BCUT2D eigenvalue weighted by molar-refractivity contribution is 6.19. The van der Waals surface area contributed by atoms with Gasteiger partial charge in [0.2, 0.25) is 0 Å². The quantitative estimate of drug-likeness (QED) is 0.847. The molecule has 1 aromatic heterocycles. The SMILES string of the molecule is O=C1NC(c2cccnc2)=N/C1=C\c1ccccc1F. The Balaban J connectivity index is 1.97. The zero-order chi connectivity index (χ0) is 13.9. The molecule has 1 aliphatic heterocycles. The number of carbonyl (C=O) groups is 1. The fourth-order valence-electron chi connectivity index (χ4n) is 1.85. The summed E-state index contributed by atoms with van der Waals surface area (Å²) < 4.78 is 13.6. The van der Waals surface area contributed by atoms with Crippen LogP contribution < -0.4 is 5.32 Å². The van der Waals surface area contributed by atoms with E-state index < -0.39 is 5.82 Å². The second-order valence-corrected chi connectivity index (χ2v) is 4.21. The molecule has 0 radical (unpaired) electrons. The third kappa shape index (κ3) is 2.33. The number of hydrogen-bond donors (Lipinski definition) is 1. The van der Waals surface area contributed by atoms with Crippen molar-refractivity contribution in [1.82, 2.24) is 10.3 Å². The predicted molar refractivity (Wildman–Crippen MR) is 73.3 cm³/mol. The van der Waals surface area contributed by atoms with Crippen molar-refractivity contribution in [2.75, 3.05) is 0 Å². The van der Waals surface area contributed by atoms with E-state index in [1.54, 1.807) is 42.7 Å². The normalized spacial score (nSPS) is 16.1. The molecular formula is C15H10FN3O. The number of benzene rings is 1. The van der Waals surface area contributed by atoms with Crippen molar-refractivity contribution < 1.29 is 9.18 Å². The maximum absolute atomic E-state index is 13.6. The fraction of sp³-hybridized carbons (Fsp3) is 0. The molecule has 1 amide bonds. The molecule has 0 bridgehead atoms. The average molecular weight is 267 g/mol. The fourth-order valence-corrected chi connectivity index (χ4v) is 1.85. The highest BCUT2D eigenvalue weighted by atomic mass is 19.1. The number of amides is 1. The van der Waals surface area contributed by atoms with Crippen LogP contribution in [-0.4, -0.2) is 16.7 Å². The minimum Gasteiger partial charge on any atom is -0.305 e. The number of amidine groups is 1. The molecule has 1 aromatic carbocycles. The number of nitrogens with one attached hydrogen (secondary N) is 1. The Hall–Kier alpha value is -2.82. The van der Waals surface area contributed by atoms with Gasteiger partial charge in [-0.3, -0.25) is 9.78 Å². The Morgan fingerprint density at radius 1 is 1.15 bits per heavy atom. The Morgan fingerprint density at radius 2 is 2.00 bits per heavy atom. The molecule has 2 heterocycles. The van der Waals surface area contributed by atoms with E-state index in [0.717, 1.165) is 0 Å². The molecule has 2 aromatic rings. The van der Waals surface area contributed by atoms with Crippen LogP contribution in [0.4, 0.5) is 4.39 Å². The number of halogens is 1.